The second kappa shape index (κ2) is 6.80. The van der Waals surface area contributed by atoms with E-state index in [9.17, 15) is 9.59 Å². The average Bonchev–Trinajstić information content (AvgIpc) is 2.96. The normalized spacial score (nSPS) is 17.6. The molecule has 2 amide bonds. The summed E-state index contributed by atoms with van der Waals surface area (Å²) in [6, 6.07) is 5.28. The number of carboxylic acid groups (broad SMARTS) is 1. The van der Waals surface area contributed by atoms with Gasteiger partial charge in [-0.2, -0.15) is 0 Å². The number of carbonyl (C=O) groups is 2. The van der Waals surface area contributed by atoms with Gasteiger partial charge in [-0.15, -0.1) is 0 Å². The summed E-state index contributed by atoms with van der Waals surface area (Å²) in [5.74, 6) is -0.588. The van der Waals surface area contributed by atoms with Crippen molar-refractivity contribution < 1.29 is 19.4 Å². The maximum absolute atomic E-state index is 12.0. The maximum Gasteiger partial charge on any atom is 0.317 e. The number of nitrogens with one attached hydrogen (secondary N) is 1. The first-order valence-corrected chi connectivity index (χ1v) is 7.38. The number of rotatable bonds is 4. The van der Waals surface area contributed by atoms with E-state index in [0.717, 1.165) is 15.8 Å². The number of aliphatic carboxylic acids is 1. The van der Waals surface area contributed by atoms with Gasteiger partial charge in [-0.3, -0.25) is 4.79 Å². The average molecular weight is 357 g/mol. The minimum absolute atomic E-state index is 0.242. The Hall–Kier alpha value is -1.76. The number of halogens is 1. The molecule has 2 N–H and O–H groups in total. The molecule has 0 spiro atoms. The Labute approximate surface area is 131 Å². The Balaban J connectivity index is 1.91. The summed E-state index contributed by atoms with van der Waals surface area (Å²) in [5, 5.41) is 11.7. The molecule has 1 aromatic carbocycles. The molecule has 6 nitrogen and oxygen atoms in total. The Morgan fingerprint density at radius 1 is 1.52 bits per heavy atom. The highest BCUT2D eigenvalue weighted by Crippen LogP contribution is 2.22. The standard InChI is InChI=1S/C14H17BrN2O4/c1-21-11-2-3-12(15)10(6-11)7-16-14(20)17-5-4-9(8-17)13(18)19/h2-3,6,9H,4-5,7-8H2,1H3,(H,16,20)(H,18,19). The lowest BCUT2D eigenvalue weighted by Crippen LogP contribution is -2.38. The van der Waals surface area contributed by atoms with E-state index in [0.29, 0.717) is 19.5 Å². The highest BCUT2D eigenvalue weighted by molar-refractivity contribution is 9.10. The molecule has 1 fully saturated rings. The van der Waals surface area contributed by atoms with Crippen LogP contribution in [0.25, 0.3) is 0 Å². The van der Waals surface area contributed by atoms with Crippen molar-refractivity contribution in [2.75, 3.05) is 20.2 Å². The van der Waals surface area contributed by atoms with Gasteiger partial charge in [0.15, 0.2) is 0 Å². The topological polar surface area (TPSA) is 78.9 Å². The van der Waals surface area contributed by atoms with Crippen molar-refractivity contribution in [2.24, 2.45) is 5.92 Å². The number of carboxylic acids is 1. The van der Waals surface area contributed by atoms with Crippen molar-refractivity contribution in [1.29, 1.82) is 0 Å². The van der Waals surface area contributed by atoms with Gasteiger partial charge in [-0.05, 0) is 30.2 Å². The number of ether oxygens (including phenoxy) is 1. The van der Waals surface area contributed by atoms with Gasteiger partial charge in [0, 0.05) is 24.1 Å². The molecule has 7 heteroatoms. The van der Waals surface area contributed by atoms with E-state index < -0.39 is 11.9 Å². The number of amides is 2. The Morgan fingerprint density at radius 2 is 2.29 bits per heavy atom. The summed E-state index contributed by atoms with van der Waals surface area (Å²) in [7, 11) is 1.59. The molecule has 21 heavy (non-hydrogen) atoms. The number of nitrogens with zero attached hydrogens (tertiary/aromatic N) is 1. The Kier molecular flexibility index (Phi) is 5.06. The number of benzene rings is 1. The van der Waals surface area contributed by atoms with E-state index in [-0.39, 0.29) is 12.6 Å². The summed E-state index contributed by atoms with van der Waals surface area (Å²) in [5.41, 5.74) is 0.900. The lowest BCUT2D eigenvalue weighted by Gasteiger charge is -2.17. The largest absolute Gasteiger partial charge is 0.497 e. The number of methoxy groups -OCH3 is 1. The molecule has 1 atom stereocenters. The predicted molar refractivity (Wildman–Crippen MR) is 80.2 cm³/mol. The van der Waals surface area contributed by atoms with E-state index in [1.807, 2.05) is 18.2 Å². The zero-order chi connectivity index (χ0) is 15.4. The molecule has 0 radical (unpaired) electrons. The summed E-state index contributed by atoms with van der Waals surface area (Å²) in [6.45, 7) is 1.09. The van der Waals surface area contributed by atoms with Gasteiger partial charge in [0.1, 0.15) is 5.75 Å². The number of likely N-dealkylation sites (tertiary alicyclic amines) is 1. The van der Waals surface area contributed by atoms with Gasteiger partial charge in [0.2, 0.25) is 0 Å². The molecule has 1 aromatic rings. The predicted octanol–water partition coefficient (Wildman–Crippen LogP) is 2.07. The first-order chi connectivity index (χ1) is 10.0. The minimum Gasteiger partial charge on any atom is -0.497 e. The molecule has 1 saturated heterocycles. The monoisotopic (exact) mass is 356 g/mol. The van der Waals surface area contributed by atoms with Crippen molar-refractivity contribution in [3.63, 3.8) is 0 Å². The third-order valence-electron chi connectivity index (χ3n) is 3.51. The summed E-state index contributed by atoms with van der Waals surface area (Å²) < 4.78 is 6.03. The van der Waals surface area contributed by atoms with Gasteiger partial charge in [-0.1, -0.05) is 15.9 Å². The van der Waals surface area contributed by atoms with E-state index in [1.165, 1.54) is 4.90 Å². The van der Waals surface area contributed by atoms with Gasteiger partial charge in [-0.25, -0.2) is 4.79 Å². The number of urea groups is 1. The van der Waals surface area contributed by atoms with E-state index in [4.69, 9.17) is 9.84 Å². The van der Waals surface area contributed by atoms with Crippen LogP contribution in [0.1, 0.15) is 12.0 Å². The maximum atomic E-state index is 12.0. The molecule has 1 unspecified atom stereocenters. The van der Waals surface area contributed by atoms with Crippen LogP contribution in [0.4, 0.5) is 4.79 Å². The molecule has 1 aliphatic rings. The van der Waals surface area contributed by atoms with Crippen LogP contribution in [-0.2, 0) is 11.3 Å². The SMILES string of the molecule is COc1ccc(Br)c(CNC(=O)N2CCC(C(=O)O)C2)c1. The number of carbonyl (C=O) groups excluding carboxylic acids is 1. The van der Waals surface area contributed by atoms with Crippen molar-refractivity contribution in [3.8, 4) is 5.75 Å². The number of hydrogen-bond acceptors (Lipinski definition) is 3. The van der Waals surface area contributed by atoms with Crippen LogP contribution in [0.5, 0.6) is 5.75 Å². The van der Waals surface area contributed by atoms with Gasteiger partial charge < -0.3 is 20.1 Å². The third kappa shape index (κ3) is 3.87. The van der Waals surface area contributed by atoms with Crippen molar-refractivity contribution in [2.45, 2.75) is 13.0 Å². The van der Waals surface area contributed by atoms with Crippen LogP contribution in [0.15, 0.2) is 22.7 Å². The van der Waals surface area contributed by atoms with Crippen LogP contribution >= 0.6 is 15.9 Å². The smallest absolute Gasteiger partial charge is 0.317 e. The summed E-state index contributed by atoms with van der Waals surface area (Å²) in [4.78, 5) is 24.4. The quantitative estimate of drug-likeness (QED) is 0.865. The first kappa shape index (κ1) is 15.6. The second-order valence-electron chi connectivity index (χ2n) is 4.89. The lowest BCUT2D eigenvalue weighted by molar-refractivity contribution is -0.141. The fraction of sp³-hybridized carbons (Fsp3) is 0.429. The fourth-order valence-electron chi connectivity index (χ4n) is 2.24. The van der Waals surface area contributed by atoms with Crippen molar-refractivity contribution in [3.05, 3.63) is 28.2 Å². The molecule has 0 aliphatic carbocycles. The van der Waals surface area contributed by atoms with Gasteiger partial charge in [0.25, 0.3) is 0 Å². The van der Waals surface area contributed by atoms with Crippen LogP contribution in [-0.4, -0.2) is 42.2 Å². The first-order valence-electron chi connectivity index (χ1n) is 6.59. The second-order valence-corrected chi connectivity index (χ2v) is 5.74. The van der Waals surface area contributed by atoms with Gasteiger partial charge >= 0.3 is 12.0 Å². The van der Waals surface area contributed by atoms with E-state index in [2.05, 4.69) is 21.2 Å². The van der Waals surface area contributed by atoms with Crippen molar-refractivity contribution >= 4 is 27.9 Å². The molecule has 1 heterocycles. The lowest BCUT2D eigenvalue weighted by atomic mass is 10.1. The zero-order valence-electron chi connectivity index (χ0n) is 11.6. The molecule has 1 aliphatic heterocycles. The summed E-state index contributed by atoms with van der Waals surface area (Å²) in [6.07, 6.45) is 0.506. The fourth-order valence-corrected chi connectivity index (χ4v) is 2.63. The van der Waals surface area contributed by atoms with E-state index >= 15 is 0 Å². The molecule has 0 saturated carbocycles. The number of hydrogen-bond donors (Lipinski definition) is 2. The zero-order valence-corrected chi connectivity index (χ0v) is 13.2. The Morgan fingerprint density at radius 3 is 2.90 bits per heavy atom. The molecular weight excluding hydrogens is 340 g/mol. The third-order valence-corrected chi connectivity index (χ3v) is 4.28. The van der Waals surface area contributed by atoms with Crippen LogP contribution in [0, 0.1) is 5.92 Å². The van der Waals surface area contributed by atoms with Crippen LogP contribution < -0.4 is 10.1 Å². The van der Waals surface area contributed by atoms with E-state index in [1.54, 1.807) is 7.11 Å². The molecule has 2 rings (SSSR count). The van der Waals surface area contributed by atoms with Crippen LogP contribution in [0.3, 0.4) is 0 Å². The van der Waals surface area contributed by atoms with Crippen LogP contribution in [0.2, 0.25) is 0 Å². The molecule has 0 bridgehead atoms. The van der Waals surface area contributed by atoms with Crippen molar-refractivity contribution in [1.82, 2.24) is 10.2 Å². The minimum atomic E-state index is -0.846. The molecule has 114 valence electrons. The molecule has 0 aromatic heterocycles. The summed E-state index contributed by atoms with van der Waals surface area (Å²) >= 11 is 3.42. The highest BCUT2D eigenvalue weighted by atomic mass is 79.9. The Bertz CT molecular complexity index is 550. The molecular formula is C14H17BrN2O4. The highest BCUT2D eigenvalue weighted by Gasteiger charge is 2.30. The van der Waals surface area contributed by atoms with Gasteiger partial charge in [0.05, 0.1) is 13.0 Å².